The Hall–Kier alpha value is -3.68. The Morgan fingerprint density at radius 2 is 1.60 bits per heavy atom. The van der Waals surface area contributed by atoms with Crippen LogP contribution in [0.5, 0.6) is 0 Å². The summed E-state index contributed by atoms with van der Waals surface area (Å²) >= 11 is 0. The molecule has 2 aromatic rings. The maximum absolute atomic E-state index is 12.8. The molecule has 3 rings (SSSR count). The molecule has 1 heterocycles. The fourth-order valence-electron chi connectivity index (χ4n) is 3.38. The van der Waals surface area contributed by atoms with Crippen molar-refractivity contribution in [2.24, 2.45) is 0 Å². The molecule has 1 saturated heterocycles. The summed E-state index contributed by atoms with van der Waals surface area (Å²) in [7, 11) is 0. The van der Waals surface area contributed by atoms with E-state index >= 15 is 0 Å². The second kappa shape index (κ2) is 8.36. The van der Waals surface area contributed by atoms with Crippen molar-refractivity contribution in [3.63, 3.8) is 0 Å². The quantitative estimate of drug-likeness (QED) is 0.634. The van der Waals surface area contributed by atoms with Gasteiger partial charge in [0.05, 0.1) is 6.54 Å². The molecule has 1 aliphatic heterocycles. The SMILES string of the molecule is Cc1cccc(C)c1NC(=O)CNC(=O)CN1C(=O)NC(C)(c2ccccc2)C1=O. The van der Waals surface area contributed by atoms with E-state index in [-0.39, 0.29) is 6.54 Å². The number of nitrogens with zero attached hydrogens (tertiary/aromatic N) is 1. The Balaban J connectivity index is 1.58. The van der Waals surface area contributed by atoms with Crippen molar-refractivity contribution in [2.45, 2.75) is 26.3 Å². The van der Waals surface area contributed by atoms with E-state index in [1.165, 1.54) is 0 Å². The van der Waals surface area contributed by atoms with Crippen molar-refractivity contribution in [2.75, 3.05) is 18.4 Å². The zero-order valence-corrected chi connectivity index (χ0v) is 17.1. The van der Waals surface area contributed by atoms with Crippen molar-refractivity contribution in [3.8, 4) is 0 Å². The van der Waals surface area contributed by atoms with Gasteiger partial charge in [-0.1, -0.05) is 48.5 Å². The van der Waals surface area contributed by atoms with Crippen LogP contribution in [-0.4, -0.2) is 41.7 Å². The zero-order valence-electron chi connectivity index (χ0n) is 17.1. The van der Waals surface area contributed by atoms with Gasteiger partial charge >= 0.3 is 6.03 Å². The molecule has 1 atom stereocenters. The van der Waals surface area contributed by atoms with Gasteiger partial charge in [0.25, 0.3) is 5.91 Å². The average Bonchev–Trinajstić information content (AvgIpc) is 2.94. The highest BCUT2D eigenvalue weighted by Gasteiger charge is 2.49. The average molecular weight is 408 g/mol. The summed E-state index contributed by atoms with van der Waals surface area (Å²) in [6, 6.07) is 13.8. The number of benzene rings is 2. The first-order valence-electron chi connectivity index (χ1n) is 9.55. The molecule has 0 spiro atoms. The fourth-order valence-corrected chi connectivity index (χ4v) is 3.38. The lowest BCUT2D eigenvalue weighted by Gasteiger charge is -2.22. The van der Waals surface area contributed by atoms with Gasteiger partial charge in [0.2, 0.25) is 11.8 Å². The topological polar surface area (TPSA) is 108 Å². The van der Waals surface area contributed by atoms with Crippen LogP contribution >= 0.6 is 0 Å². The number of urea groups is 1. The van der Waals surface area contributed by atoms with Crippen molar-refractivity contribution in [1.82, 2.24) is 15.5 Å². The third-order valence-corrected chi connectivity index (χ3v) is 5.12. The van der Waals surface area contributed by atoms with E-state index in [2.05, 4.69) is 16.0 Å². The van der Waals surface area contributed by atoms with Gasteiger partial charge < -0.3 is 16.0 Å². The van der Waals surface area contributed by atoms with Crippen molar-refractivity contribution in [3.05, 3.63) is 65.2 Å². The minimum absolute atomic E-state index is 0.272. The van der Waals surface area contributed by atoms with Crippen LogP contribution in [0.15, 0.2) is 48.5 Å². The molecule has 8 nitrogen and oxygen atoms in total. The maximum atomic E-state index is 12.8. The lowest BCUT2D eigenvalue weighted by atomic mass is 9.92. The molecule has 2 aromatic carbocycles. The first-order chi connectivity index (χ1) is 14.2. The van der Waals surface area contributed by atoms with E-state index in [0.717, 1.165) is 16.0 Å². The van der Waals surface area contributed by atoms with Gasteiger partial charge in [-0.3, -0.25) is 19.3 Å². The molecule has 30 heavy (non-hydrogen) atoms. The Labute approximate surface area is 174 Å². The zero-order chi connectivity index (χ0) is 21.9. The van der Waals surface area contributed by atoms with Gasteiger partial charge in [0.15, 0.2) is 0 Å². The third-order valence-electron chi connectivity index (χ3n) is 5.12. The number of anilines is 1. The van der Waals surface area contributed by atoms with Gasteiger partial charge in [-0.25, -0.2) is 4.79 Å². The van der Waals surface area contributed by atoms with Crippen LogP contribution in [0.1, 0.15) is 23.6 Å². The Kier molecular flexibility index (Phi) is 5.86. The summed E-state index contributed by atoms with van der Waals surface area (Å²) < 4.78 is 0. The number of nitrogens with one attached hydrogen (secondary N) is 3. The fraction of sp³-hybridized carbons (Fsp3) is 0.273. The number of para-hydroxylation sites is 1. The third kappa shape index (κ3) is 4.17. The van der Waals surface area contributed by atoms with Crippen LogP contribution in [0.25, 0.3) is 0 Å². The van der Waals surface area contributed by atoms with Crippen molar-refractivity contribution < 1.29 is 19.2 Å². The molecule has 1 fully saturated rings. The Morgan fingerprint density at radius 1 is 0.967 bits per heavy atom. The second-order valence-corrected chi connectivity index (χ2v) is 7.40. The van der Waals surface area contributed by atoms with Crippen LogP contribution in [0, 0.1) is 13.8 Å². The van der Waals surface area contributed by atoms with E-state index in [1.807, 2.05) is 38.1 Å². The molecule has 0 bridgehead atoms. The number of rotatable bonds is 6. The van der Waals surface area contributed by atoms with Crippen molar-refractivity contribution >= 4 is 29.4 Å². The van der Waals surface area contributed by atoms with Crippen LogP contribution in [0.2, 0.25) is 0 Å². The summed E-state index contributed by atoms with van der Waals surface area (Å²) in [4.78, 5) is 50.4. The lowest BCUT2D eigenvalue weighted by Crippen LogP contribution is -2.44. The molecule has 0 radical (unpaired) electrons. The predicted octanol–water partition coefficient (Wildman–Crippen LogP) is 1.83. The molecule has 0 saturated carbocycles. The summed E-state index contributed by atoms with van der Waals surface area (Å²) in [6.07, 6.45) is 0. The maximum Gasteiger partial charge on any atom is 0.325 e. The molecule has 0 aliphatic carbocycles. The van der Waals surface area contributed by atoms with Crippen LogP contribution in [0.4, 0.5) is 10.5 Å². The molecular formula is C22H24N4O4. The van der Waals surface area contributed by atoms with E-state index in [9.17, 15) is 19.2 Å². The number of hydrogen-bond donors (Lipinski definition) is 3. The smallest absolute Gasteiger partial charge is 0.325 e. The molecule has 1 aliphatic rings. The van der Waals surface area contributed by atoms with Gasteiger partial charge in [-0.2, -0.15) is 0 Å². The van der Waals surface area contributed by atoms with E-state index < -0.39 is 35.8 Å². The molecular weight excluding hydrogens is 384 g/mol. The van der Waals surface area contributed by atoms with Crippen LogP contribution in [0.3, 0.4) is 0 Å². The normalized spacial score (nSPS) is 18.2. The van der Waals surface area contributed by atoms with E-state index in [4.69, 9.17) is 0 Å². The summed E-state index contributed by atoms with van der Waals surface area (Å²) in [5.74, 6) is -1.52. The molecule has 156 valence electrons. The summed E-state index contributed by atoms with van der Waals surface area (Å²) in [6.45, 7) is 4.61. The minimum atomic E-state index is -1.24. The molecule has 1 unspecified atom stereocenters. The first-order valence-corrected chi connectivity index (χ1v) is 9.55. The summed E-state index contributed by atoms with van der Waals surface area (Å²) in [5.41, 5.74) is 1.91. The summed E-state index contributed by atoms with van der Waals surface area (Å²) in [5, 5.41) is 7.86. The van der Waals surface area contributed by atoms with Gasteiger partial charge in [0.1, 0.15) is 12.1 Å². The lowest BCUT2D eigenvalue weighted by molar-refractivity contribution is -0.135. The first kappa shape index (κ1) is 21.0. The highest BCUT2D eigenvalue weighted by atomic mass is 16.2. The number of carbonyl (C=O) groups excluding carboxylic acids is 4. The van der Waals surface area contributed by atoms with Crippen LogP contribution in [-0.2, 0) is 19.9 Å². The molecule has 8 heteroatoms. The Bertz CT molecular complexity index is 985. The predicted molar refractivity (Wildman–Crippen MR) is 112 cm³/mol. The van der Waals surface area contributed by atoms with Gasteiger partial charge in [0, 0.05) is 5.69 Å². The monoisotopic (exact) mass is 408 g/mol. The number of imide groups is 1. The number of aryl methyl sites for hydroxylation is 2. The van der Waals surface area contributed by atoms with Gasteiger partial charge in [-0.15, -0.1) is 0 Å². The van der Waals surface area contributed by atoms with Gasteiger partial charge in [-0.05, 0) is 37.5 Å². The number of carbonyl (C=O) groups is 4. The molecule has 0 aromatic heterocycles. The molecule has 3 N–H and O–H groups in total. The van der Waals surface area contributed by atoms with E-state index in [1.54, 1.807) is 31.2 Å². The Morgan fingerprint density at radius 3 is 2.23 bits per heavy atom. The largest absolute Gasteiger partial charge is 0.345 e. The number of hydrogen-bond acceptors (Lipinski definition) is 4. The minimum Gasteiger partial charge on any atom is -0.345 e. The van der Waals surface area contributed by atoms with E-state index in [0.29, 0.717) is 11.3 Å². The highest BCUT2D eigenvalue weighted by molar-refractivity contribution is 6.09. The molecule has 5 amide bonds. The van der Waals surface area contributed by atoms with Crippen molar-refractivity contribution in [1.29, 1.82) is 0 Å². The standard InChI is InChI=1S/C22H24N4O4/c1-14-8-7-9-15(2)19(14)24-17(27)12-23-18(28)13-26-20(29)22(3,25-21(26)30)16-10-5-4-6-11-16/h4-11H,12-13H2,1-3H3,(H,23,28)(H,24,27)(H,25,30). The second-order valence-electron chi connectivity index (χ2n) is 7.40. The number of amides is 5. The van der Waals surface area contributed by atoms with Crippen LogP contribution < -0.4 is 16.0 Å². The highest BCUT2D eigenvalue weighted by Crippen LogP contribution is 2.28.